The summed E-state index contributed by atoms with van der Waals surface area (Å²) in [5, 5.41) is 2.95. The van der Waals surface area contributed by atoms with E-state index in [0.29, 0.717) is 18.4 Å². The van der Waals surface area contributed by atoms with Crippen molar-refractivity contribution in [1.29, 1.82) is 0 Å². The van der Waals surface area contributed by atoms with Gasteiger partial charge in [0.1, 0.15) is 6.04 Å². The van der Waals surface area contributed by atoms with Crippen LogP contribution in [0.2, 0.25) is 0 Å². The average molecular weight is 227 g/mol. The predicted molar refractivity (Wildman–Crippen MR) is 66.0 cm³/mol. The number of carbonyl (C=O) groups is 1. The Kier molecular flexibility index (Phi) is 5.22. The van der Waals surface area contributed by atoms with Crippen LogP contribution in [0, 0.1) is 11.8 Å². The first-order valence-electron chi connectivity index (χ1n) is 6.26. The first-order chi connectivity index (χ1) is 7.54. The fourth-order valence-corrected chi connectivity index (χ4v) is 2.08. The molecule has 0 aromatic rings. The maximum absolute atomic E-state index is 11.8. The number of nitrogens with one attached hydrogen (secondary N) is 1. The minimum absolute atomic E-state index is 0.0932. The van der Waals surface area contributed by atoms with Crippen LogP contribution in [0.5, 0.6) is 0 Å². The molecule has 3 N–H and O–H groups in total. The Hall–Kier alpha value is -0.610. The highest BCUT2D eigenvalue weighted by Crippen LogP contribution is 2.11. The molecule has 0 spiro atoms. The van der Waals surface area contributed by atoms with Gasteiger partial charge in [0.25, 0.3) is 0 Å². The van der Waals surface area contributed by atoms with E-state index in [9.17, 15) is 4.79 Å². The molecule has 1 aliphatic rings. The van der Waals surface area contributed by atoms with Gasteiger partial charge in [0.05, 0.1) is 0 Å². The predicted octanol–water partition coefficient (Wildman–Crippen LogP) is 0.428. The van der Waals surface area contributed by atoms with Gasteiger partial charge in [-0.15, -0.1) is 0 Å². The van der Waals surface area contributed by atoms with E-state index in [1.165, 1.54) is 0 Å². The van der Waals surface area contributed by atoms with Crippen molar-refractivity contribution in [1.82, 2.24) is 10.2 Å². The Morgan fingerprint density at radius 1 is 1.56 bits per heavy atom. The van der Waals surface area contributed by atoms with Gasteiger partial charge in [-0.1, -0.05) is 20.8 Å². The zero-order valence-corrected chi connectivity index (χ0v) is 10.7. The molecule has 4 nitrogen and oxygen atoms in total. The van der Waals surface area contributed by atoms with Gasteiger partial charge in [0, 0.05) is 19.6 Å². The molecule has 1 aliphatic heterocycles. The second-order valence-corrected chi connectivity index (χ2v) is 5.28. The first-order valence-corrected chi connectivity index (χ1v) is 6.26. The van der Waals surface area contributed by atoms with Crippen LogP contribution in [0.4, 0.5) is 0 Å². The monoisotopic (exact) mass is 227 g/mol. The number of hydrogen-bond acceptors (Lipinski definition) is 3. The van der Waals surface area contributed by atoms with Crippen molar-refractivity contribution in [3.63, 3.8) is 0 Å². The Bertz CT molecular complexity index is 230. The highest BCUT2D eigenvalue weighted by Gasteiger charge is 2.28. The summed E-state index contributed by atoms with van der Waals surface area (Å²) < 4.78 is 0. The summed E-state index contributed by atoms with van der Waals surface area (Å²) in [7, 11) is 0. The van der Waals surface area contributed by atoms with E-state index in [4.69, 9.17) is 5.73 Å². The van der Waals surface area contributed by atoms with E-state index in [-0.39, 0.29) is 11.9 Å². The van der Waals surface area contributed by atoms with E-state index in [0.717, 1.165) is 26.1 Å². The van der Waals surface area contributed by atoms with E-state index in [1.807, 2.05) is 0 Å². The van der Waals surface area contributed by atoms with Crippen molar-refractivity contribution in [2.45, 2.75) is 33.2 Å². The summed E-state index contributed by atoms with van der Waals surface area (Å²) in [6, 6.07) is -0.135. The van der Waals surface area contributed by atoms with Crippen LogP contribution in [-0.2, 0) is 4.79 Å². The van der Waals surface area contributed by atoms with Gasteiger partial charge >= 0.3 is 0 Å². The molecule has 4 heteroatoms. The highest BCUT2D eigenvalue weighted by atomic mass is 16.2. The molecule has 16 heavy (non-hydrogen) atoms. The summed E-state index contributed by atoms with van der Waals surface area (Å²) in [6.07, 6.45) is 1.12. The molecule has 1 amide bonds. The third kappa shape index (κ3) is 3.76. The maximum atomic E-state index is 11.8. The first kappa shape index (κ1) is 13.5. The summed E-state index contributed by atoms with van der Waals surface area (Å²) >= 11 is 0. The number of hydrogen-bond donors (Lipinski definition) is 2. The topological polar surface area (TPSA) is 58.4 Å². The van der Waals surface area contributed by atoms with Crippen molar-refractivity contribution in [2.75, 3.05) is 26.2 Å². The van der Waals surface area contributed by atoms with E-state index < -0.39 is 0 Å². The molecule has 94 valence electrons. The smallest absolute Gasteiger partial charge is 0.238 e. The number of nitrogens with two attached hydrogens (primary N) is 1. The fraction of sp³-hybridized carbons (Fsp3) is 0.917. The summed E-state index contributed by atoms with van der Waals surface area (Å²) in [5.74, 6) is 1.27. The minimum Gasteiger partial charge on any atom is -0.354 e. The van der Waals surface area contributed by atoms with E-state index in [2.05, 4.69) is 31.0 Å². The molecular formula is C12H25N3O. The molecule has 1 heterocycles. The molecule has 1 fully saturated rings. The van der Waals surface area contributed by atoms with Crippen molar-refractivity contribution >= 4 is 5.91 Å². The lowest BCUT2D eigenvalue weighted by Gasteiger charge is -2.28. The molecule has 2 atom stereocenters. The van der Waals surface area contributed by atoms with Crippen LogP contribution in [0.15, 0.2) is 0 Å². The number of nitrogens with zero attached hydrogens (tertiary/aromatic N) is 1. The average Bonchev–Trinajstić information content (AvgIpc) is 2.35. The molecule has 0 saturated carbocycles. The van der Waals surface area contributed by atoms with Crippen molar-refractivity contribution < 1.29 is 4.79 Å². The maximum Gasteiger partial charge on any atom is 0.238 e. The summed E-state index contributed by atoms with van der Waals surface area (Å²) in [6.45, 7) is 9.70. The SMILES string of the molecule is CC(C)CCN1CC(C)CNC(=O)C1CN. The van der Waals surface area contributed by atoms with Crippen LogP contribution < -0.4 is 11.1 Å². The van der Waals surface area contributed by atoms with Crippen LogP contribution >= 0.6 is 0 Å². The van der Waals surface area contributed by atoms with Gasteiger partial charge in [-0.2, -0.15) is 0 Å². The number of amides is 1. The van der Waals surface area contributed by atoms with Gasteiger partial charge in [-0.25, -0.2) is 0 Å². The van der Waals surface area contributed by atoms with Crippen LogP contribution in [0.25, 0.3) is 0 Å². The second kappa shape index (κ2) is 6.21. The molecular weight excluding hydrogens is 202 g/mol. The molecule has 0 aromatic heterocycles. The van der Waals surface area contributed by atoms with E-state index >= 15 is 0 Å². The van der Waals surface area contributed by atoms with Gasteiger partial charge in [-0.3, -0.25) is 9.69 Å². The molecule has 1 rings (SSSR count). The Labute approximate surface area is 98.6 Å². The molecule has 0 radical (unpaired) electrons. The highest BCUT2D eigenvalue weighted by molar-refractivity contribution is 5.82. The molecule has 1 saturated heterocycles. The zero-order chi connectivity index (χ0) is 12.1. The zero-order valence-electron chi connectivity index (χ0n) is 10.7. The number of rotatable bonds is 4. The lowest BCUT2D eigenvalue weighted by Crippen LogP contribution is -2.49. The summed E-state index contributed by atoms with van der Waals surface area (Å²) in [5.41, 5.74) is 5.70. The van der Waals surface area contributed by atoms with Gasteiger partial charge in [0.2, 0.25) is 5.91 Å². The standard InChI is InChI=1S/C12H25N3O/c1-9(2)4-5-15-8-10(3)7-14-12(16)11(15)6-13/h9-11H,4-8,13H2,1-3H3,(H,14,16). The third-order valence-corrected chi connectivity index (χ3v) is 3.13. The molecule has 0 bridgehead atoms. The van der Waals surface area contributed by atoms with Crippen molar-refractivity contribution in [3.8, 4) is 0 Å². The Balaban J connectivity index is 2.62. The third-order valence-electron chi connectivity index (χ3n) is 3.13. The van der Waals surface area contributed by atoms with Gasteiger partial charge < -0.3 is 11.1 Å². The minimum atomic E-state index is -0.135. The second-order valence-electron chi connectivity index (χ2n) is 5.28. The largest absolute Gasteiger partial charge is 0.354 e. The Morgan fingerprint density at radius 3 is 2.81 bits per heavy atom. The normalized spacial score (nSPS) is 27.9. The lowest BCUT2D eigenvalue weighted by atomic mass is 10.1. The van der Waals surface area contributed by atoms with Crippen LogP contribution in [0.1, 0.15) is 27.2 Å². The lowest BCUT2D eigenvalue weighted by molar-refractivity contribution is -0.125. The van der Waals surface area contributed by atoms with E-state index in [1.54, 1.807) is 0 Å². The summed E-state index contributed by atoms with van der Waals surface area (Å²) in [4.78, 5) is 14.1. The van der Waals surface area contributed by atoms with Gasteiger partial charge in [-0.05, 0) is 24.8 Å². The molecule has 2 unspecified atom stereocenters. The van der Waals surface area contributed by atoms with Crippen LogP contribution in [-0.4, -0.2) is 43.0 Å². The fourth-order valence-electron chi connectivity index (χ4n) is 2.08. The van der Waals surface area contributed by atoms with Crippen molar-refractivity contribution in [2.24, 2.45) is 17.6 Å². The van der Waals surface area contributed by atoms with Crippen molar-refractivity contribution in [3.05, 3.63) is 0 Å². The quantitative estimate of drug-likeness (QED) is 0.732. The number of carbonyl (C=O) groups excluding carboxylic acids is 1. The van der Waals surface area contributed by atoms with Crippen LogP contribution in [0.3, 0.4) is 0 Å². The molecule has 0 aromatic carbocycles. The van der Waals surface area contributed by atoms with Gasteiger partial charge in [0.15, 0.2) is 0 Å². The molecule has 0 aliphatic carbocycles. The Morgan fingerprint density at radius 2 is 2.25 bits per heavy atom.